The lowest BCUT2D eigenvalue weighted by Crippen LogP contribution is -2.33. The van der Waals surface area contributed by atoms with Crippen LogP contribution in [0, 0.1) is 0 Å². The van der Waals surface area contributed by atoms with Crippen molar-refractivity contribution in [2.24, 2.45) is 5.84 Å². The fourth-order valence-electron chi connectivity index (χ4n) is 1.85. The van der Waals surface area contributed by atoms with E-state index in [-0.39, 0.29) is 5.91 Å². The molecule has 0 bridgehead atoms. The maximum atomic E-state index is 11.1. The second kappa shape index (κ2) is 7.76. The Morgan fingerprint density at radius 3 is 2.89 bits per heavy atom. The summed E-state index contributed by atoms with van der Waals surface area (Å²) < 4.78 is 5.21. The van der Waals surface area contributed by atoms with Crippen LogP contribution in [0.5, 0.6) is 5.75 Å². The van der Waals surface area contributed by atoms with Gasteiger partial charge in [0.05, 0.1) is 7.11 Å². The average molecular weight is 265 g/mol. The lowest BCUT2D eigenvalue weighted by Gasteiger charge is -2.24. The van der Waals surface area contributed by atoms with Crippen molar-refractivity contribution in [3.8, 4) is 5.75 Å². The van der Waals surface area contributed by atoms with Crippen LogP contribution in [0.4, 0.5) is 0 Å². The van der Waals surface area contributed by atoms with Crippen LogP contribution >= 0.6 is 0 Å². The number of ether oxygens (including phenoxy) is 1. The maximum Gasteiger partial charge on any atom is 0.233 e. The van der Waals surface area contributed by atoms with Crippen LogP contribution in [0.25, 0.3) is 0 Å². The third-order valence-electron chi connectivity index (χ3n) is 3.27. The number of hydrazine groups is 1. The van der Waals surface area contributed by atoms with Crippen LogP contribution in [0.1, 0.15) is 25.3 Å². The number of methoxy groups -OCH3 is 1. The Balaban J connectivity index is 2.48. The number of amides is 1. The van der Waals surface area contributed by atoms with Gasteiger partial charge in [-0.15, -0.1) is 0 Å². The quantitative estimate of drug-likeness (QED) is 0.443. The zero-order valence-corrected chi connectivity index (χ0v) is 11.8. The van der Waals surface area contributed by atoms with Crippen molar-refractivity contribution in [1.29, 1.82) is 0 Å². The van der Waals surface area contributed by atoms with E-state index in [0.717, 1.165) is 18.7 Å². The van der Waals surface area contributed by atoms with E-state index in [4.69, 9.17) is 10.6 Å². The summed E-state index contributed by atoms with van der Waals surface area (Å²) in [6.07, 6.45) is 1.23. The van der Waals surface area contributed by atoms with E-state index in [1.54, 1.807) is 7.11 Å². The first-order valence-corrected chi connectivity index (χ1v) is 6.39. The second-order valence-corrected chi connectivity index (χ2v) is 4.72. The molecule has 0 saturated heterocycles. The molecule has 5 heteroatoms. The highest BCUT2D eigenvalue weighted by Gasteiger charge is 2.11. The van der Waals surface area contributed by atoms with Crippen LogP contribution in [-0.2, 0) is 11.3 Å². The van der Waals surface area contributed by atoms with E-state index >= 15 is 0 Å². The van der Waals surface area contributed by atoms with E-state index in [9.17, 15) is 4.79 Å². The molecule has 1 aromatic rings. The molecule has 0 aliphatic carbocycles. The van der Waals surface area contributed by atoms with Crippen molar-refractivity contribution in [3.63, 3.8) is 0 Å². The van der Waals surface area contributed by atoms with Gasteiger partial charge >= 0.3 is 0 Å². The largest absolute Gasteiger partial charge is 0.497 e. The number of nitrogens with zero attached hydrogens (tertiary/aromatic N) is 1. The van der Waals surface area contributed by atoms with Gasteiger partial charge in [0.15, 0.2) is 0 Å². The van der Waals surface area contributed by atoms with Gasteiger partial charge in [-0.2, -0.15) is 0 Å². The minimum atomic E-state index is -0.123. The fraction of sp³-hybridized carbons (Fsp3) is 0.500. The molecule has 5 nitrogen and oxygen atoms in total. The maximum absolute atomic E-state index is 11.1. The molecule has 19 heavy (non-hydrogen) atoms. The summed E-state index contributed by atoms with van der Waals surface area (Å²) in [6.45, 7) is 2.92. The summed E-state index contributed by atoms with van der Waals surface area (Å²) in [7, 11) is 3.71. The van der Waals surface area contributed by atoms with Gasteiger partial charge in [-0.25, -0.2) is 5.84 Å². The Hall–Kier alpha value is -1.59. The second-order valence-electron chi connectivity index (χ2n) is 4.72. The molecule has 1 atom stereocenters. The molecule has 1 aromatic carbocycles. The minimum Gasteiger partial charge on any atom is -0.497 e. The topological polar surface area (TPSA) is 67.6 Å². The molecule has 1 unspecified atom stereocenters. The van der Waals surface area contributed by atoms with E-state index in [1.165, 1.54) is 5.56 Å². The molecule has 0 aliphatic heterocycles. The third-order valence-corrected chi connectivity index (χ3v) is 3.27. The molecule has 3 N–H and O–H groups in total. The predicted octanol–water partition coefficient (Wildman–Crippen LogP) is 1.29. The minimum absolute atomic E-state index is 0.123. The lowest BCUT2D eigenvalue weighted by molar-refractivity contribution is -0.121. The number of benzene rings is 1. The van der Waals surface area contributed by atoms with Crippen molar-refractivity contribution < 1.29 is 9.53 Å². The molecule has 0 aliphatic rings. The Kier molecular flexibility index (Phi) is 6.32. The summed E-state index contributed by atoms with van der Waals surface area (Å²) in [5.74, 6) is 5.80. The molecule has 0 saturated carbocycles. The van der Waals surface area contributed by atoms with Gasteiger partial charge in [0, 0.05) is 19.0 Å². The number of rotatable bonds is 7. The molecular formula is C14H23N3O2. The Labute approximate surface area is 114 Å². The first kappa shape index (κ1) is 15.5. The summed E-state index contributed by atoms with van der Waals surface area (Å²) in [5, 5.41) is 0. The highest BCUT2D eigenvalue weighted by atomic mass is 16.5. The zero-order valence-electron chi connectivity index (χ0n) is 11.8. The summed E-state index contributed by atoms with van der Waals surface area (Å²) in [4.78, 5) is 13.3. The van der Waals surface area contributed by atoms with Crippen molar-refractivity contribution >= 4 is 5.91 Å². The van der Waals surface area contributed by atoms with Gasteiger partial charge in [-0.3, -0.25) is 15.1 Å². The van der Waals surface area contributed by atoms with E-state index < -0.39 is 0 Å². The molecule has 1 amide bonds. The SMILES string of the molecule is COc1cccc(CN(C)C(C)CCC(=O)NN)c1. The summed E-state index contributed by atoms with van der Waals surface area (Å²) in [6, 6.07) is 8.31. The first-order valence-electron chi connectivity index (χ1n) is 6.39. The van der Waals surface area contributed by atoms with Crippen molar-refractivity contribution in [2.75, 3.05) is 14.2 Å². The number of carbonyl (C=O) groups excluding carboxylic acids is 1. The van der Waals surface area contributed by atoms with Gasteiger partial charge in [0.25, 0.3) is 0 Å². The molecule has 106 valence electrons. The van der Waals surface area contributed by atoms with E-state index in [1.807, 2.05) is 25.2 Å². The van der Waals surface area contributed by atoms with Crippen molar-refractivity contribution in [2.45, 2.75) is 32.4 Å². The van der Waals surface area contributed by atoms with E-state index in [0.29, 0.717) is 12.5 Å². The monoisotopic (exact) mass is 265 g/mol. The summed E-state index contributed by atoms with van der Waals surface area (Å²) >= 11 is 0. The lowest BCUT2D eigenvalue weighted by atomic mass is 10.1. The molecule has 1 rings (SSSR count). The Morgan fingerprint density at radius 1 is 1.53 bits per heavy atom. The van der Waals surface area contributed by atoms with Crippen LogP contribution in [0.3, 0.4) is 0 Å². The van der Waals surface area contributed by atoms with Gasteiger partial charge in [-0.1, -0.05) is 12.1 Å². The first-order chi connectivity index (χ1) is 9.06. The Bertz CT molecular complexity index is 409. The van der Waals surface area contributed by atoms with Crippen LogP contribution in [-0.4, -0.2) is 31.0 Å². The number of hydrogen-bond acceptors (Lipinski definition) is 4. The van der Waals surface area contributed by atoms with Gasteiger partial charge in [-0.05, 0) is 38.1 Å². The number of carbonyl (C=O) groups is 1. The zero-order chi connectivity index (χ0) is 14.3. The van der Waals surface area contributed by atoms with Crippen LogP contribution in [0.2, 0.25) is 0 Å². The van der Waals surface area contributed by atoms with Crippen molar-refractivity contribution in [1.82, 2.24) is 10.3 Å². The van der Waals surface area contributed by atoms with Gasteiger partial charge < -0.3 is 4.74 Å². The van der Waals surface area contributed by atoms with E-state index in [2.05, 4.69) is 23.3 Å². The van der Waals surface area contributed by atoms with Gasteiger partial charge in [0.2, 0.25) is 5.91 Å². The normalized spacial score (nSPS) is 12.3. The smallest absolute Gasteiger partial charge is 0.233 e. The molecule has 0 fully saturated rings. The number of nitrogens with one attached hydrogen (secondary N) is 1. The highest BCUT2D eigenvalue weighted by molar-refractivity contribution is 5.75. The van der Waals surface area contributed by atoms with Crippen molar-refractivity contribution in [3.05, 3.63) is 29.8 Å². The molecular weight excluding hydrogens is 242 g/mol. The number of hydrogen-bond donors (Lipinski definition) is 2. The predicted molar refractivity (Wildman–Crippen MR) is 75.5 cm³/mol. The highest BCUT2D eigenvalue weighted by Crippen LogP contribution is 2.15. The molecule has 0 aromatic heterocycles. The molecule has 0 spiro atoms. The number of nitrogens with two attached hydrogens (primary N) is 1. The van der Waals surface area contributed by atoms with Gasteiger partial charge in [0.1, 0.15) is 5.75 Å². The fourth-order valence-corrected chi connectivity index (χ4v) is 1.85. The van der Waals surface area contributed by atoms with Crippen LogP contribution < -0.4 is 16.0 Å². The van der Waals surface area contributed by atoms with Crippen LogP contribution in [0.15, 0.2) is 24.3 Å². The third kappa shape index (κ3) is 5.28. The summed E-state index contributed by atoms with van der Waals surface area (Å²) in [5.41, 5.74) is 3.34. The standard InChI is InChI=1S/C14H23N3O2/c1-11(7-8-14(18)16-15)17(2)10-12-5-4-6-13(9-12)19-3/h4-6,9,11H,7-8,10,15H2,1-3H3,(H,16,18). The average Bonchev–Trinajstić information content (AvgIpc) is 2.44. The molecule has 0 radical (unpaired) electrons. The molecule has 0 heterocycles. The Morgan fingerprint density at radius 2 is 2.26 bits per heavy atom.